The maximum atomic E-state index is 9.88. The summed E-state index contributed by atoms with van der Waals surface area (Å²) in [5.41, 5.74) is 0. The van der Waals surface area contributed by atoms with Crippen LogP contribution in [0.4, 0.5) is 0 Å². The van der Waals surface area contributed by atoms with Gasteiger partial charge in [0.2, 0.25) is 0 Å². The first-order valence-corrected chi connectivity index (χ1v) is 5.09. The van der Waals surface area contributed by atoms with Crippen molar-refractivity contribution < 1.29 is 10.2 Å². The minimum absolute atomic E-state index is 0.0555. The SMILES string of the molecule is CN(C)CC[C@H](O)[C@H](CCO)N(C)C. The summed E-state index contributed by atoms with van der Waals surface area (Å²) in [6.45, 7) is 0.999. The summed E-state index contributed by atoms with van der Waals surface area (Å²) in [6, 6.07) is 0.0555. The fourth-order valence-electron chi connectivity index (χ4n) is 1.51. The third kappa shape index (κ3) is 5.54. The molecule has 2 N–H and O–H groups in total. The van der Waals surface area contributed by atoms with Gasteiger partial charge in [-0.05, 0) is 41.0 Å². The summed E-state index contributed by atoms with van der Waals surface area (Å²) in [5.74, 6) is 0. The quantitative estimate of drug-likeness (QED) is 0.593. The van der Waals surface area contributed by atoms with Gasteiger partial charge >= 0.3 is 0 Å². The van der Waals surface area contributed by atoms with Crippen molar-refractivity contribution in [2.75, 3.05) is 41.3 Å². The monoisotopic (exact) mass is 204 g/mol. The van der Waals surface area contributed by atoms with Gasteiger partial charge in [-0.3, -0.25) is 0 Å². The molecule has 0 saturated carbocycles. The lowest BCUT2D eigenvalue weighted by Crippen LogP contribution is -2.41. The second kappa shape index (κ2) is 7.17. The second-order valence-electron chi connectivity index (χ2n) is 4.20. The van der Waals surface area contributed by atoms with Crippen molar-refractivity contribution in [1.29, 1.82) is 0 Å². The Balaban J connectivity index is 3.94. The van der Waals surface area contributed by atoms with Gasteiger partial charge in [0, 0.05) is 19.2 Å². The van der Waals surface area contributed by atoms with Crippen LogP contribution in [0.3, 0.4) is 0 Å². The van der Waals surface area contributed by atoms with Crippen molar-refractivity contribution in [2.45, 2.75) is 25.0 Å². The Bertz CT molecular complexity index is 140. The highest BCUT2D eigenvalue weighted by Gasteiger charge is 2.20. The predicted octanol–water partition coefficient (Wildman–Crippen LogP) is -0.388. The molecule has 0 heterocycles. The Morgan fingerprint density at radius 3 is 2.00 bits per heavy atom. The molecule has 0 aliphatic heterocycles. The molecule has 0 aromatic rings. The fourth-order valence-corrected chi connectivity index (χ4v) is 1.51. The Kier molecular flexibility index (Phi) is 7.09. The Hall–Kier alpha value is -0.160. The number of hydrogen-bond donors (Lipinski definition) is 2. The van der Waals surface area contributed by atoms with E-state index in [2.05, 4.69) is 4.90 Å². The maximum Gasteiger partial charge on any atom is 0.0708 e. The second-order valence-corrected chi connectivity index (χ2v) is 4.20. The predicted molar refractivity (Wildman–Crippen MR) is 58.4 cm³/mol. The highest BCUT2D eigenvalue weighted by molar-refractivity contribution is 4.75. The first-order valence-electron chi connectivity index (χ1n) is 5.09. The molecule has 0 aromatic heterocycles. The van der Waals surface area contributed by atoms with E-state index in [1.54, 1.807) is 0 Å². The van der Waals surface area contributed by atoms with E-state index in [1.165, 1.54) is 0 Å². The Labute approximate surface area is 87.1 Å². The highest BCUT2D eigenvalue weighted by Crippen LogP contribution is 2.08. The van der Waals surface area contributed by atoms with Crippen LogP contribution in [-0.4, -0.2) is 73.5 Å². The van der Waals surface area contributed by atoms with E-state index in [1.807, 2.05) is 33.1 Å². The molecule has 14 heavy (non-hydrogen) atoms. The summed E-state index contributed by atoms with van der Waals surface area (Å²) in [5, 5.41) is 18.7. The van der Waals surface area contributed by atoms with Gasteiger partial charge in [0.25, 0.3) is 0 Å². The molecule has 0 aromatic carbocycles. The summed E-state index contributed by atoms with van der Waals surface area (Å²) in [6.07, 6.45) is 1.01. The van der Waals surface area contributed by atoms with Crippen LogP contribution in [0.5, 0.6) is 0 Å². The van der Waals surface area contributed by atoms with Crippen molar-refractivity contribution in [3.63, 3.8) is 0 Å². The molecule has 0 aliphatic carbocycles. The third-order valence-corrected chi connectivity index (χ3v) is 2.40. The lowest BCUT2D eigenvalue weighted by Gasteiger charge is -2.29. The minimum atomic E-state index is -0.362. The summed E-state index contributed by atoms with van der Waals surface area (Å²) < 4.78 is 0. The number of rotatable bonds is 7. The van der Waals surface area contributed by atoms with Crippen LogP contribution >= 0.6 is 0 Å². The fraction of sp³-hybridized carbons (Fsp3) is 1.00. The molecule has 4 nitrogen and oxygen atoms in total. The molecule has 0 amide bonds. The molecular weight excluding hydrogens is 180 g/mol. The molecule has 2 atom stereocenters. The lowest BCUT2D eigenvalue weighted by atomic mass is 10.0. The van der Waals surface area contributed by atoms with Crippen molar-refractivity contribution in [1.82, 2.24) is 9.80 Å². The molecule has 0 saturated heterocycles. The van der Waals surface area contributed by atoms with Gasteiger partial charge in [0.05, 0.1) is 6.10 Å². The standard InChI is InChI=1S/C10H24N2O2/c1-11(2)7-5-10(14)9(6-8-13)12(3)4/h9-10,13-14H,5-8H2,1-4H3/t9-,10-/m0/s1. The summed E-state index contributed by atoms with van der Waals surface area (Å²) >= 11 is 0. The van der Waals surface area contributed by atoms with Gasteiger partial charge in [-0.15, -0.1) is 0 Å². The van der Waals surface area contributed by atoms with Gasteiger partial charge < -0.3 is 20.0 Å². The van der Waals surface area contributed by atoms with E-state index in [0.717, 1.165) is 13.0 Å². The van der Waals surface area contributed by atoms with E-state index >= 15 is 0 Å². The molecule has 0 spiro atoms. The van der Waals surface area contributed by atoms with Crippen LogP contribution in [0.1, 0.15) is 12.8 Å². The van der Waals surface area contributed by atoms with E-state index in [-0.39, 0.29) is 18.8 Å². The number of hydrogen-bond acceptors (Lipinski definition) is 4. The first kappa shape index (κ1) is 13.8. The van der Waals surface area contributed by atoms with E-state index in [4.69, 9.17) is 5.11 Å². The number of nitrogens with zero attached hydrogens (tertiary/aromatic N) is 2. The van der Waals surface area contributed by atoms with Crippen LogP contribution in [0.25, 0.3) is 0 Å². The lowest BCUT2D eigenvalue weighted by molar-refractivity contribution is 0.0492. The molecule has 0 radical (unpaired) electrons. The van der Waals surface area contributed by atoms with Crippen LogP contribution in [-0.2, 0) is 0 Å². The molecular formula is C10H24N2O2. The number of aliphatic hydroxyl groups is 2. The average molecular weight is 204 g/mol. The zero-order valence-electron chi connectivity index (χ0n) is 9.77. The van der Waals surface area contributed by atoms with Crippen LogP contribution in [0, 0.1) is 0 Å². The molecule has 0 bridgehead atoms. The first-order chi connectivity index (χ1) is 6.49. The van der Waals surface area contributed by atoms with Crippen molar-refractivity contribution >= 4 is 0 Å². The zero-order chi connectivity index (χ0) is 11.1. The smallest absolute Gasteiger partial charge is 0.0708 e. The molecule has 0 fully saturated rings. The van der Waals surface area contributed by atoms with Crippen molar-refractivity contribution in [3.8, 4) is 0 Å². The van der Waals surface area contributed by atoms with Crippen molar-refractivity contribution in [3.05, 3.63) is 0 Å². The van der Waals surface area contributed by atoms with Crippen molar-refractivity contribution in [2.24, 2.45) is 0 Å². The van der Waals surface area contributed by atoms with E-state index in [0.29, 0.717) is 6.42 Å². The Morgan fingerprint density at radius 2 is 1.64 bits per heavy atom. The normalized spacial score (nSPS) is 16.3. The van der Waals surface area contributed by atoms with E-state index in [9.17, 15) is 5.11 Å². The maximum absolute atomic E-state index is 9.88. The number of likely N-dealkylation sites (N-methyl/N-ethyl adjacent to an activating group) is 1. The van der Waals surface area contributed by atoms with Gasteiger partial charge in [0.1, 0.15) is 0 Å². The minimum Gasteiger partial charge on any atom is -0.396 e. The zero-order valence-corrected chi connectivity index (χ0v) is 9.77. The molecule has 0 aliphatic rings. The molecule has 4 heteroatoms. The molecule has 0 rings (SSSR count). The largest absolute Gasteiger partial charge is 0.396 e. The highest BCUT2D eigenvalue weighted by atomic mass is 16.3. The summed E-state index contributed by atoms with van der Waals surface area (Å²) in [4.78, 5) is 4.02. The van der Waals surface area contributed by atoms with Gasteiger partial charge in [-0.25, -0.2) is 0 Å². The average Bonchev–Trinajstić information content (AvgIpc) is 2.09. The van der Waals surface area contributed by atoms with E-state index < -0.39 is 0 Å². The van der Waals surface area contributed by atoms with Gasteiger partial charge in [-0.2, -0.15) is 0 Å². The molecule has 0 unspecified atom stereocenters. The van der Waals surface area contributed by atoms with Gasteiger partial charge in [-0.1, -0.05) is 0 Å². The van der Waals surface area contributed by atoms with Crippen LogP contribution < -0.4 is 0 Å². The summed E-state index contributed by atoms with van der Waals surface area (Å²) in [7, 11) is 7.84. The van der Waals surface area contributed by atoms with Crippen LogP contribution in [0.2, 0.25) is 0 Å². The molecule has 86 valence electrons. The number of aliphatic hydroxyl groups excluding tert-OH is 2. The van der Waals surface area contributed by atoms with Gasteiger partial charge in [0.15, 0.2) is 0 Å². The third-order valence-electron chi connectivity index (χ3n) is 2.40. The topological polar surface area (TPSA) is 46.9 Å². The Morgan fingerprint density at radius 1 is 1.07 bits per heavy atom. The van der Waals surface area contributed by atoms with Crippen LogP contribution in [0.15, 0.2) is 0 Å².